The first-order valence-corrected chi connectivity index (χ1v) is 8.23. The number of carbonyl (C=O) groups is 1. The molecule has 0 radical (unpaired) electrons. The molecule has 2 unspecified atom stereocenters. The zero-order chi connectivity index (χ0) is 11.4. The molecular formula is C11H20N2OS2. The Balaban J connectivity index is 1.79. The Hall–Kier alpha value is 0.130. The summed E-state index contributed by atoms with van der Waals surface area (Å²) in [5, 5.41) is 3.95. The van der Waals surface area contributed by atoms with Gasteiger partial charge in [0.1, 0.15) is 0 Å². The Kier molecular flexibility index (Phi) is 4.85. The second kappa shape index (κ2) is 6.17. The molecule has 0 aromatic heterocycles. The minimum absolute atomic E-state index is 0.0891. The first-order chi connectivity index (χ1) is 7.81. The molecule has 92 valence electrons. The number of hydrogen-bond acceptors (Lipinski definition) is 4. The van der Waals surface area contributed by atoms with Crippen LogP contribution in [0.25, 0.3) is 0 Å². The molecule has 2 saturated heterocycles. The molecule has 5 heteroatoms. The van der Waals surface area contributed by atoms with Gasteiger partial charge in [-0.3, -0.25) is 10.1 Å². The van der Waals surface area contributed by atoms with Crippen LogP contribution in [-0.4, -0.2) is 52.6 Å². The van der Waals surface area contributed by atoms with Gasteiger partial charge in [0, 0.05) is 29.1 Å². The summed E-state index contributed by atoms with van der Waals surface area (Å²) in [6.07, 6.45) is 2.05. The lowest BCUT2D eigenvalue weighted by atomic mass is 10.2. The van der Waals surface area contributed by atoms with E-state index in [0.717, 1.165) is 26.1 Å². The van der Waals surface area contributed by atoms with Crippen molar-refractivity contribution < 1.29 is 4.79 Å². The van der Waals surface area contributed by atoms with E-state index in [2.05, 4.69) is 12.2 Å². The molecule has 0 aromatic carbocycles. The van der Waals surface area contributed by atoms with Gasteiger partial charge in [-0.15, -0.1) is 0 Å². The fraction of sp³-hybridized carbons (Fsp3) is 0.909. The first-order valence-electron chi connectivity index (χ1n) is 6.02. The van der Waals surface area contributed by atoms with Crippen molar-refractivity contribution in [1.29, 1.82) is 0 Å². The summed E-state index contributed by atoms with van der Waals surface area (Å²) in [6, 6.07) is 0.0891. The monoisotopic (exact) mass is 260 g/mol. The minimum atomic E-state index is 0.0891. The summed E-state index contributed by atoms with van der Waals surface area (Å²) < 4.78 is 0. The lowest BCUT2D eigenvalue weighted by Gasteiger charge is -2.25. The van der Waals surface area contributed by atoms with Crippen LogP contribution >= 0.6 is 23.5 Å². The number of amides is 1. The smallest absolute Gasteiger partial charge is 0.240 e. The largest absolute Gasteiger partial charge is 0.327 e. The molecule has 0 aromatic rings. The Morgan fingerprint density at radius 2 is 2.38 bits per heavy atom. The summed E-state index contributed by atoms with van der Waals surface area (Å²) in [5.74, 6) is 4.03. The highest BCUT2D eigenvalue weighted by Gasteiger charge is 2.31. The van der Waals surface area contributed by atoms with Crippen molar-refractivity contribution >= 4 is 29.4 Å². The Bertz CT molecular complexity index is 244. The maximum Gasteiger partial charge on any atom is 0.240 e. The number of nitrogens with zero attached hydrogens (tertiary/aromatic N) is 1. The van der Waals surface area contributed by atoms with Crippen molar-refractivity contribution in [1.82, 2.24) is 10.2 Å². The highest BCUT2D eigenvalue weighted by atomic mass is 32.2. The topological polar surface area (TPSA) is 32.3 Å². The maximum absolute atomic E-state index is 12.0. The maximum atomic E-state index is 12.0. The van der Waals surface area contributed by atoms with Gasteiger partial charge in [0.25, 0.3) is 0 Å². The van der Waals surface area contributed by atoms with Crippen LogP contribution in [-0.2, 0) is 4.79 Å². The summed E-state index contributed by atoms with van der Waals surface area (Å²) in [6.45, 7) is 3.82. The fourth-order valence-corrected chi connectivity index (χ4v) is 4.85. The van der Waals surface area contributed by atoms with Crippen molar-refractivity contribution in [2.75, 3.05) is 30.5 Å². The van der Waals surface area contributed by atoms with E-state index in [1.54, 1.807) is 0 Å². The molecule has 0 bridgehead atoms. The predicted octanol–water partition coefficient (Wildman–Crippen LogP) is 1.39. The second-order valence-electron chi connectivity index (χ2n) is 4.33. The number of thioether (sulfide) groups is 2. The number of rotatable bonds is 4. The average molecular weight is 260 g/mol. The van der Waals surface area contributed by atoms with E-state index in [1.165, 1.54) is 17.3 Å². The van der Waals surface area contributed by atoms with E-state index < -0.39 is 0 Å². The normalized spacial score (nSPS) is 31.1. The zero-order valence-electron chi connectivity index (χ0n) is 9.78. The van der Waals surface area contributed by atoms with Crippen molar-refractivity contribution in [3.8, 4) is 0 Å². The summed E-state index contributed by atoms with van der Waals surface area (Å²) in [4.78, 5) is 14.0. The van der Waals surface area contributed by atoms with E-state index >= 15 is 0 Å². The van der Waals surface area contributed by atoms with Crippen LogP contribution in [0.1, 0.15) is 19.8 Å². The molecule has 0 aliphatic carbocycles. The van der Waals surface area contributed by atoms with Crippen LogP contribution < -0.4 is 5.32 Å². The molecule has 3 nitrogen and oxygen atoms in total. The molecule has 1 amide bonds. The molecule has 16 heavy (non-hydrogen) atoms. The lowest BCUT2D eigenvalue weighted by Crippen LogP contribution is -2.36. The first kappa shape index (κ1) is 12.6. The highest BCUT2D eigenvalue weighted by Crippen LogP contribution is 2.25. The van der Waals surface area contributed by atoms with Crippen LogP contribution in [0.2, 0.25) is 0 Å². The van der Waals surface area contributed by atoms with E-state index in [9.17, 15) is 4.79 Å². The standard InChI is InChI=1S/C11H20N2OS2/c1-2-3-10-11(14)13(8-12-10)6-9-7-15-4-5-16-9/h9-10,12H,2-8H2,1H3. The Morgan fingerprint density at radius 3 is 3.06 bits per heavy atom. The molecule has 2 rings (SSSR count). The zero-order valence-corrected chi connectivity index (χ0v) is 11.4. The van der Waals surface area contributed by atoms with Gasteiger partial charge in [-0.05, 0) is 6.42 Å². The minimum Gasteiger partial charge on any atom is -0.327 e. The van der Waals surface area contributed by atoms with Crippen molar-refractivity contribution in [3.63, 3.8) is 0 Å². The molecular weight excluding hydrogens is 240 g/mol. The average Bonchev–Trinajstić information content (AvgIpc) is 2.64. The summed E-state index contributed by atoms with van der Waals surface area (Å²) >= 11 is 4.04. The predicted molar refractivity (Wildman–Crippen MR) is 72.0 cm³/mol. The molecule has 2 heterocycles. The van der Waals surface area contributed by atoms with Crippen molar-refractivity contribution in [2.45, 2.75) is 31.1 Å². The second-order valence-corrected chi connectivity index (χ2v) is 6.89. The third kappa shape index (κ3) is 3.08. The van der Waals surface area contributed by atoms with Gasteiger partial charge in [0.15, 0.2) is 0 Å². The van der Waals surface area contributed by atoms with Gasteiger partial charge in [-0.1, -0.05) is 13.3 Å². The number of carbonyl (C=O) groups excluding carboxylic acids is 1. The van der Waals surface area contributed by atoms with E-state index in [0.29, 0.717) is 11.2 Å². The van der Waals surface area contributed by atoms with Crippen molar-refractivity contribution in [2.24, 2.45) is 0 Å². The van der Waals surface area contributed by atoms with Gasteiger partial charge >= 0.3 is 0 Å². The molecule has 2 fully saturated rings. The van der Waals surface area contributed by atoms with Gasteiger partial charge < -0.3 is 4.90 Å². The SMILES string of the molecule is CCCC1NCN(CC2CSCCS2)C1=O. The molecule has 2 atom stereocenters. The molecule has 2 aliphatic heterocycles. The van der Waals surface area contributed by atoms with Crippen molar-refractivity contribution in [3.05, 3.63) is 0 Å². The Labute approximate surface area is 106 Å². The highest BCUT2D eigenvalue weighted by molar-refractivity contribution is 8.06. The summed E-state index contributed by atoms with van der Waals surface area (Å²) in [7, 11) is 0. The lowest BCUT2D eigenvalue weighted by molar-refractivity contribution is -0.129. The number of nitrogens with one attached hydrogen (secondary N) is 1. The third-order valence-corrected chi connectivity index (χ3v) is 5.85. The van der Waals surface area contributed by atoms with E-state index in [4.69, 9.17) is 0 Å². The van der Waals surface area contributed by atoms with E-state index in [-0.39, 0.29) is 6.04 Å². The van der Waals surface area contributed by atoms with Crippen LogP contribution in [0.15, 0.2) is 0 Å². The van der Waals surface area contributed by atoms with E-state index in [1.807, 2.05) is 28.4 Å². The van der Waals surface area contributed by atoms with Crippen LogP contribution in [0.3, 0.4) is 0 Å². The summed E-state index contributed by atoms with van der Waals surface area (Å²) in [5.41, 5.74) is 0. The van der Waals surface area contributed by atoms with Gasteiger partial charge in [-0.2, -0.15) is 23.5 Å². The molecule has 1 N–H and O–H groups in total. The number of hydrogen-bond donors (Lipinski definition) is 1. The van der Waals surface area contributed by atoms with Gasteiger partial charge in [0.2, 0.25) is 5.91 Å². The fourth-order valence-electron chi connectivity index (χ4n) is 2.16. The Morgan fingerprint density at radius 1 is 1.50 bits per heavy atom. The quantitative estimate of drug-likeness (QED) is 0.828. The third-order valence-electron chi connectivity index (χ3n) is 3.02. The van der Waals surface area contributed by atoms with Gasteiger partial charge in [0.05, 0.1) is 12.7 Å². The van der Waals surface area contributed by atoms with Crippen LogP contribution in [0.4, 0.5) is 0 Å². The molecule has 2 aliphatic rings. The molecule has 0 saturated carbocycles. The van der Waals surface area contributed by atoms with Crippen LogP contribution in [0, 0.1) is 0 Å². The molecule has 0 spiro atoms. The van der Waals surface area contributed by atoms with Gasteiger partial charge in [-0.25, -0.2) is 0 Å². The van der Waals surface area contributed by atoms with Crippen LogP contribution in [0.5, 0.6) is 0 Å².